The Balaban J connectivity index is 2.38. The van der Waals surface area contributed by atoms with Crippen LogP contribution in [0.3, 0.4) is 0 Å². The van der Waals surface area contributed by atoms with Gasteiger partial charge in [-0.2, -0.15) is 0 Å². The van der Waals surface area contributed by atoms with Crippen LogP contribution in [-0.2, 0) is 0 Å². The number of aromatic hydroxyl groups is 1. The van der Waals surface area contributed by atoms with Gasteiger partial charge in [0.05, 0.1) is 5.56 Å². The first-order chi connectivity index (χ1) is 9.47. The lowest BCUT2D eigenvalue weighted by Crippen LogP contribution is -1.92. The van der Waals surface area contributed by atoms with Crippen molar-refractivity contribution in [1.82, 2.24) is 0 Å². The van der Waals surface area contributed by atoms with Gasteiger partial charge in [-0.1, -0.05) is 0 Å². The molecule has 0 spiro atoms. The molecule has 0 fully saturated rings. The molecule has 1 aromatic heterocycles. The summed E-state index contributed by atoms with van der Waals surface area (Å²) in [5.74, 6) is -0.346. The van der Waals surface area contributed by atoms with E-state index in [4.69, 9.17) is 4.42 Å². The van der Waals surface area contributed by atoms with E-state index in [2.05, 4.69) is 0 Å². The number of rotatable bonds is 2. The zero-order chi connectivity index (χ0) is 14.4. The van der Waals surface area contributed by atoms with Crippen molar-refractivity contribution in [2.45, 2.75) is 13.8 Å². The first-order valence-electron chi connectivity index (χ1n) is 6.18. The van der Waals surface area contributed by atoms with Gasteiger partial charge in [0.15, 0.2) is 11.6 Å². The SMILES string of the molecule is CC(=O)c1ccc2oc3cc(C(C)=O)c(O)cc3c2c1. The van der Waals surface area contributed by atoms with Gasteiger partial charge in [0.1, 0.15) is 16.9 Å². The Kier molecular flexibility index (Phi) is 2.61. The molecule has 4 heteroatoms. The average Bonchev–Trinajstić information content (AvgIpc) is 2.74. The summed E-state index contributed by atoms with van der Waals surface area (Å²) < 4.78 is 5.66. The quantitative estimate of drug-likeness (QED) is 0.719. The Bertz CT molecular complexity index is 871. The molecule has 0 aliphatic carbocycles. The molecule has 2 aromatic carbocycles. The third-order valence-electron chi connectivity index (χ3n) is 3.37. The highest BCUT2D eigenvalue weighted by Gasteiger charge is 2.14. The monoisotopic (exact) mass is 268 g/mol. The molecule has 0 aliphatic rings. The van der Waals surface area contributed by atoms with E-state index in [0.717, 1.165) is 5.39 Å². The van der Waals surface area contributed by atoms with E-state index in [1.165, 1.54) is 26.0 Å². The first-order valence-corrected chi connectivity index (χ1v) is 6.18. The molecule has 0 unspecified atom stereocenters. The number of phenols is 1. The topological polar surface area (TPSA) is 67.5 Å². The van der Waals surface area contributed by atoms with Gasteiger partial charge in [-0.05, 0) is 44.2 Å². The van der Waals surface area contributed by atoms with Gasteiger partial charge < -0.3 is 9.52 Å². The summed E-state index contributed by atoms with van der Waals surface area (Å²) in [6, 6.07) is 8.17. The van der Waals surface area contributed by atoms with Crippen molar-refractivity contribution in [3.63, 3.8) is 0 Å². The molecule has 0 aliphatic heterocycles. The minimum Gasteiger partial charge on any atom is -0.507 e. The molecule has 100 valence electrons. The standard InChI is InChI=1S/C16H12O4/c1-8(17)10-3-4-15-12(5-10)13-6-14(19)11(9(2)18)7-16(13)20-15/h3-7,19H,1-2H3. The molecule has 20 heavy (non-hydrogen) atoms. The van der Waals surface area contributed by atoms with Crippen LogP contribution in [0.4, 0.5) is 0 Å². The summed E-state index contributed by atoms with van der Waals surface area (Å²) in [4.78, 5) is 22.9. The minimum absolute atomic E-state index is 0.0363. The number of fused-ring (bicyclic) bond motifs is 3. The molecule has 3 rings (SSSR count). The Morgan fingerprint density at radius 3 is 2.30 bits per heavy atom. The molecule has 0 bridgehead atoms. The highest BCUT2D eigenvalue weighted by Crippen LogP contribution is 2.34. The fourth-order valence-electron chi connectivity index (χ4n) is 2.31. The van der Waals surface area contributed by atoms with E-state index in [1.54, 1.807) is 18.2 Å². The molecule has 0 saturated carbocycles. The molecular formula is C16H12O4. The molecule has 3 aromatic rings. The smallest absolute Gasteiger partial charge is 0.163 e. The number of carbonyl (C=O) groups is 2. The Morgan fingerprint density at radius 2 is 1.65 bits per heavy atom. The summed E-state index contributed by atoms with van der Waals surface area (Å²) in [6.45, 7) is 2.88. The fourth-order valence-corrected chi connectivity index (χ4v) is 2.31. The number of benzene rings is 2. The number of phenolic OH excluding ortho intramolecular Hbond substituents is 1. The highest BCUT2D eigenvalue weighted by atomic mass is 16.3. The van der Waals surface area contributed by atoms with Crippen LogP contribution in [0.25, 0.3) is 21.9 Å². The normalized spacial score (nSPS) is 11.1. The first kappa shape index (κ1) is 12.4. The van der Waals surface area contributed by atoms with Crippen LogP contribution in [0.1, 0.15) is 34.6 Å². The van der Waals surface area contributed by atoms with Crippen molar-refractivity contribution >= 4 is 33.5 Å². The second kappa shape index (κ2) is 4.20. The minimum atomic E-state index is -0.228. The molecular weight excluding hydrogens is 256 g/mol. The Morgan fingerprint density at radius 1 is 0.950 bits per heavy atom. The van der Waals surface area contributed by atoms with Crippen LogP contribution in [0.15, 0.2) is 34.7 Å². The van der Waals surface area contributed by atoms with Gasteiger partial charge in [0, 0.05) is 16.3 Å². The van der Waals surface area contributed by atoms with Crippen molar-refractivity contribution in [2.75, 3.05) is 0 Å². The summed E-state index contributed by atoms with van der Waals surface area (Å²) in [5, 5.41) is 11.3. The number of furan rings is 1. The largest absolute Gasteiger partial charge is 0.507 e. The Hall–Kier alpha value is -2.62. The van der Waals surface area contributed by atoms with Gasteiger partial charge in [0.25, 0.3) is 0 Å². The van der Waals surface area contributed by atoms with Crippen molar-refractivity contribution in [1.29, 1.82) is 0 Å². The second-order valence-electron chi connectivity index (χ2n) is 4.79. The maximum atomic E-state index is 11.4. The molecule has 1 N–H and O–H groups in total. The van der Waals surface area contributed by atoms with Gasteiger partial charge >= 0.3 is 0 Å². The third kappa shape index (κ3) is 1.77. The van der Waals surface area contributed by atoms with Crippen molar-refractivity contribution in [2.24, 2.45) is 0 Å². The van der Waals surface area contributed by atoms with Crippen LogP contribution in [0, 0.1) is 0 Å². The van der Waals surface area contributed by atoms with Crippen LogP contribution in [-0.4, -0.2) is 16.7 Å². The number of hydrogen-bond acceptors (Lipinski definition) is 4. The molecule has 0 amide bonds. The zero-order valence-corrected chi connectivity index (χ0v) is 11.1. The van der Waals surface area contributed by atoms with E-state index < -0.39 is 0 Å². The van der Waals surface area contributed by atoms with Gasteiger partial charge in [-0.3, -0.25) is 9.59 Å². The van der Waals surface area contributed by atoms with Crippen molar-refractivity contribution < 1.29 is 19.1 Å². The molecule has 0 atom stereocenters. The summed E-state index contributed by atoms with van der Waals surface area (Å²) in [5.41, 5.74) is 1.94. The van der Waals surface area contributed by atoms with E-state index >= 15 is 0 Å². The second-order valence-corrected chi connectivity index (χ2v) is 4.79. The van der Waals surface area contributed by atoms with Gasteiger partial charge in [0.2, 0.25) is 0 Å². The van der Waals surface area contributed by atoms with Crippen LogP contribution in [0.2, 0.25) is 0 Å². The lowest BCUT2D eigenvalue weighted by molar-refractivity contribution is 0.100. The predicted octanol–water partition coefficient (Wildman–Crippen LogP) is 3.70. The molecule has 1 heterocycles. The molecule has 0 saturated heterocycles. The summed E-state index contributed by atoms with van der Waals surface area (Å²) >= 11 is 0. The summed E-state index contributed by atoms with van der Waals surface area (Å²) in [6.07, 6.45) is 0. The molecule has 0 radical (unpaired) electrons. The van der Waals surface area contributed by atoms with Gasteiger partial charge in [-0.15, -0.1) is 0 Å². The maximum absolute atomic E-state index is 11.4. The maximum Gasteiger partial charge on any atom is 0.163 e. The lowest BCUT2D eigenvalue weighted by atomic mass is 10.0. The predicted molar refractivity (Wildman–Crippen MR) is 75.4 cm³/mol. The van der Waals surface area contributed by atoms with Crippen LogP contribution >= 0.6 is 0 Å². The lowest BCUT2D eigenvalue weighted by Gasteiger charge is -2.00. The number of hydrogen-bond donors (Lipinski definition) is 1. The van der Waals surface area contributed by atoms with E-state index in [-0.39, 0.29) is 22.9 Å². The van der Waals surface area contributed by atoms with Crippen LogP contribution < -0.4 is 0 Å². The zero-order valence-electron chi connectivity index (χ0n) is 11.1. The van der Waals surface area contributed by atoms with Crippen molar-refractivity contribution in [3.8, 4) is 5.75 Å². The van der Waals surface area contributed by atoms with Crippen LogP contribution in [0.5, 0.6) is 5.75 Å². The number of carbonyl (C=O) groups excluding carboxylic acids is 2. The third-order valence-corrected chi connectivity index (χ3v) is 3.37. The fraction of sp³-hybridized carbons (Fsp3) is 0.125. The van der Waals surface area contributed by atoms with Crippen molar-refractivity contribution in [3.05, 3.63) is 41.5 Å². The van der Waals surface area contributed by atoms with E-state index in [9.17, 15) is 14.7 Å². The van der Waals surface area contributed by atoms with E-state index in [0.29, 0.717) is 22.1 Å². The Labute approximate surface area is 114 Å². The highest BCUT2D eigenvalue weighted by molar-refractivity contribution is 6.11. The average molecular weight is 268 g/mol. The molecule has 4 nitrogen and oxygen atoms in total. The number of ketones is 2. The summed E-state index contributed by atoms with van der Waals surface area (Å²) in [7, 11) is 0. The van der Waals surface area contributed by atoms with E-state index in [1.807, 2.05) is 0 Å². The number of Topliss-reactive ketones (excluding diaryl/α,β-unsaturated/α-hetero) is 2. The van der Waals surface area contributed by atoms with Gasteiger partial charge in [-0.25, -0.2) is 0 Å².